The molecule has 0 spiro atoms. The van der Waals surface area contributed by atoms with Crippen LogP contribution in [-0.2, 0) is 0 Å². The molecule has 0 aromatic carbocycles. The number of rotatable bonds is 1. The van der Waals surface area contributed by atoms with Gasteiger partial charge in [-0.3, -0.25) is 10.1 Å². The summed E-state index contributed by atoms with van der Waals surface area (Å²) < 4.78 is 0. The van der Waals surface area contributed by atoms with E-state index in [0.29, 0.717) is 0 Å². The van der Waals surface area contributed by atoms with Crippen molar-refractivity contribution < 1.29 is 9.59 Å². The molecule has 1 aromatic rings. The standard InChI is InChI=1S/C6H7N3O2S/c1-3-8-4(2-12-3)5(10)9-6(7)11/h2H,1H3,(H3,7,9,10,11). The smallest absolute Gasteiger partial charge is 0.319 e. The van der Waals surface area contributed by atoms with Crippen molar-refractivity contribution in [2.75, 3.05) is 0 Å². The molecule has 3 amide bonds. The fourth-order valence-electron chi connectivity index (χ4n) is 0.644. The number of hydrogen-bond donors (Lipinski definition) is 2. The number of hydrogen-bond acceptors (Lipinski definition) is 4. The number of carbonyl (C=O) groups excluding carboxylic acids is 2. The SMILES string of the molecule is Cc1nc(C(=O)NC(N)=O)cs1. The Bertz CT molecular complexity index is 320. The first-order valence-corrected chi connectivity index (χ1v) is 4.00. The Morgan fingerprint density at radius 3 is 2.75 bits per heavy atom. The van der Waals surface area contributed by atoms with Crippen LogP contribution in [0.1, 0.15) is 15.5 Å². The number of amides is 3. The number of carbonyl (C=O) groups is 2. The second-order valence-corrected chi connectivity index (χ2v) is 3.13. The molecule has 0 aliphatic heterocycles. The summed E-state index contributed by atoms with van der Waals surface area (Å²) in [6.45, 7) is 1.77. The lowest BCUT2D eigenvalue weighted by Crippen LogP contribution is -2.35. The zero-order valence-corrected chi connectivity index (χ0v) is 7.14. The van der Waals surface area contributed by atoms with E-state index in [2.05, 4.69) is 4.98 Å². The molecule has 64 valence electrons. The average molecular weight is 185 g/mol. The molecular formula is C6H7N3O2S. The monoisotopic (exact) mass is 185 g/mol. The van der Waals surface area contributed by atoms with Gasteiger partial charge < -0.3 is 5.73 Å². The van der Waals surface area contributed by atoms with Gasteiger partial charge in [0.1, 0.15) is 5.69 Å². The third-order valence-corrected chi connectivity index (χ3v) is 1.86. The fraction of sp³-hybridized carbons (Fsp3) is 0.167. The van der Waals surface area contributed by atoms with Gasteiger partial charge in [0.2, 0.25) is 0 Å². The van der Waals surface area contributed by atoms with Crippen molar-refractivity contribution in [3.05, 3.63) is 16.1 Å². The van der Waals surface area contributed by atoms with Crippen molar-refractivity contribution in [1.82, 2.24) is 10.3 Å². The summed E-state index contributed by atoms with van der Waals surface area (Å²) in [4.78, 5) is 25.1. The van der Waals surface area contributed by atoms with Crippen LogP contribution in [0.5, 0.6) is 0 Å². The number of nitrogens with one attached hydrogen (secondary N) is 1. The molecule has 1 aromatic heterocycles. The number of imide groups is 1. The fourth-order valence-corrected chi connectivity index (χ4v) is 1.24. The van der Waals surface area contributed by atoms with Crippen LogP contribution in [0, 0.1) is 6.92 Å². The average Bonchev–Trinajstić information content (AvgIpc) is 2.34. The van der Waals surface area contributed by atoms with Crippen molar-refractivity contribution in [2.24, 2.45) is 5.73 Å². The summed E-state index contributed by atoms with van der Waals surface area (Å²) in [7, 11) is 0. The Hall–Kier alpha value is -1.43. The molecule has 12 heavy (non-hydrogen) atoms. The van der Waals surface area contributed by atoms with Gasteiger partial charge >= 0.3 is 6.03 Å². The van der Waals surface area contributed by atoms with Crippen LogP contribution >= 0.6 is 11.3 Å². The van der Waals surface area contributed by atoms with Crippen LogP contribution in [0.4, 0.5) is 4.79 Å². The highest BCUT2D eigenvalue weighted by atomic mass is 32.1. The van der Waals surface area contributed by atoms with Crippen molar-refractivity contribution in [3.8, 4) is 0 Å². The van der Waals surface area contributed by atoms with Crippen LogP contribution < -0.4 is 11.1 Å². The Morgan fingerprint density at radius 2 is 2.33 bits per heavy atom. The molecule has 1 rings (SSSR count). The number of primary amides is 1. The molecule has 0 radical (unpaired) electrons. The first-order valence-electron chi connectivity index (χ1n) is 3.12. The maximum absolute atomic E-state index is 11.0. The minimum Gasteiger partial charge on any atom is -0.351 e. The van der Waals surface area contributed by atoms with Crippen molar-refractivity contribution in [1.29, 1.82) is 0 Å². The lowest BCUT2D eigenvalue weighted by Gasteiger charge is -1.94. The lowest BCUT2D eigenvalue weighted by atomic mass is 10.4. The number of thiazole rings is 1. The highest BCUT2D eigenvalue weighted by molar-refractivity contribution is 7.09. The van der Waals surface area contributed by atoms with Crippen molar-refractivity contribution >= 4 is 23.3 Å². The molecule has 0 bridgehead atoms. The zero-order chi connectivity index (χ0) is 9.14. The third kappa shape index (κ3) is 2.03. The zero-order valence-electron chi connectivity index (χ0n) is 6.33. The van der Waals surface area contributed by atoms with Gasteiger partial charge in [0.05, 0.1) is 5.01 Å². The van der Waals surface area contributed by atoms with Crippen LogP contribution in [0.15, 0.2) is 5.38 Å². The first-order chi connectivity index (χ1) is 5.59. The summed E-state index contributed by atoms with van der Waals surface area (Å²) in [5.74, 6) is -0.563. The van der Waals surface area contributed by atoms with Gasteiger partial charge in [0.25, 0.3) is 5.91 Å². The maximum atomic E-state index is 11.0. The van der Waals surface area contributed by atoms with Crippen molar-refractivity contribution in [3.63, 3.8) is 0 Å². The number of nitrogens with two attached hydrogens (primary N) is 1. The van der Waals surface area contributed by atoms with Gasteiger partial charge in [-0.1, -0.05) is 0 Å². The Labute approximate surface area is 72.6 Å². The second kappa shape index (κ2) is 3.31. The van der Waals surface area contributed by atoms with Gasteiger partial charge in [-0.15, -0.1) is 11.3 Å². The Balaban J connectivity index is 2.72. The highest BCUT2D eigenvalue weighted by Gasteiger charge is 2.09. The van der Waals surface area contributed by atoms with Gasteiger partial charge in [0, 0.05) is 5.38 Å². The number of aromatic nitrogens is 1. The number of nitrogens with zero attached hydrogens (tertiary/aromatic N) is 1. The number of aryl methyl sites for hydroxylation is 1. The van der Waals surface area contributed by atoms with E-state index in [1.54, 1.807) is 12.3 Å². The Morgan fingerprint density at radius 1 is 1.67 bits per heavy atom. The largest absolute Gasteiger partial charge is 0.351 e. The first kappa shape index (κ1) is 8.66. The van der Waals surface area contributed by atoms with E-state index in [-0.39, 0.29) is 5.69 Å². The molecule has 0 aliphatic rings. The van der Waals surface area contributed by atoms with Crippen LogP contribution in [-0.4, -0.2) is 16.9 Å². The second-order valence-electron chi connectivity index (χ2n) is 2.07. The molecular weight excluding hydrogens is 178 g/mol. The Kier molecular flexibility index (Phi) is 2.39. The predicted molar refractivity (Wildman–Crippen MR) is 43.9 cm³/mol. The van der Waals surface area contributed by atoms with E-state index < -0.39 is 11.9 Å². The van der Waals surface area contributed by atoms with E-state index in [1.807, 2.05) is 5.32 Å². The molecule has 0 unspecified atom stereocenters. The summed E-state index contributed by atoms with van der Waals surface area (Å²) in [5, 5.41) is 4.25. The van der Waals surface area contributed by atoms with Gasteiger partial charge in [-0.2, -0.15) is 0 Å². The van der Waals surface area contributed by atoms with Gasteiger partial charge in [-0.05, 0) is 6.92 Å². The van der Waals surface area contributed by atoms with Crippen LogP contribution in [0.3, 0.4) is 0 Å². The maximum Gasteiger partial charge on any atom is 0.319 e. The molecule has 3 N–H and O–H groups in total. The van der Waals surface area contributed by atoms with E-state index in [4.69, 9.17) is 5.73 Å². The molecule has 5 nitrogen and oxygen atoms in total. The molecule has 0 aliphatic carbocycles. The molecule has 0 saturated heterocycles. The van der Waals surface area contributed by atoms with Gasteiger partial charge in [-0.25, -0.2) is 9.78 Å². The molecule has 0 atom stereocenters. The van der Waals surface area contributed by atoms with Crippen LogP contribution in [0.25, 0.3) is 0 Å². The molecule has 1 heterocycles. The summed E-state index contributed by atoms with van der Waals surface area (Å²) in [6.07, 6.45) is 0. The van der Waals surface area contributed by atoms with E-state index >= 15 is 0 Å². The predicted octanol–water partition coefficient (Wildman–Crippen LogP) is 0.260. The molecule has 0 saturated carbocycles. The molecule has 0 fully saturated rings. The van der Waals surface area contributed by atoms with E-state index in [0.717, 1.165) is 5.01 Å². The quantitative estimate of drug-likeness (QED) is 0.658. The normalized spacial score (nSPS) is 9.42. The highest BCUT2D eigenvalue weighted by Crippen LogP contribution is 2.06. The van der Waals surface area contributed by atoms with E-state index in [9.17, 15) is 9.59 Å². The van der Waals surface area contributed by atoms with E-state index in [1.165, 1.54) is 11.3 Å². The minimum atomic E-state index is -0.870. The van der Waals surface area contributed by atoms with Crippen LogP contribution in [0.2, 0.25) is 0 Å². The summed E-state index contributed by atoms with van der Waals surface area (Å²) in [5.41, 5.74) is 4.96. The molecule has 6 heteroatoms. The topological polar surface area (TPSA) is 85.1 Å². The van der Waals surface area contributed by atoms with Crippen molar-refractivity contribution in [2.45, 2.75) is 6.92 Å². The number of urea groups is 1. The third-order valence-electron chi connectivity index (χ3n) is 1.09. The lowest BCUT2D eigenvalue weighted by molar-refractivity contribution is 0.0962. The minimum absolute atomic E-state index is 0.219. The summed E-state index contributed by atoms with van der Waals surface area (Å²) in [6, 6.07) is -0.870. The summed E-state index contributed by atoms with van der Waals surface area (Å²) >= 11 is 1.34. The van der Waals surface area contributed by atoms with Gasteiger partial charge in [0.15, 0.2) is 0 Å².